The van der Waals surface area contributed by atoms with E-state index in [1.54, 1.807) is 30.6 Å². The number of unbranched alkanes of at least 4 members (excludes halogenated alkanes) is 3. The van der Waals surface area contributed by atoms with Gasteiger partial charge >= 0.3 is 0 Å². The van der Waals surface area contributed by atoms with Gasteiger partial charge in [0.1, 0.15) is 5.70 Å². The number of halogens is 1. The van der Waals surface area contributed by atoms with Gasteiger partial charge in [0.15, 0.2) is 0 Å². The molecule has 0 radical (unpaired) electrons. The third kappa shape index (κ3) is 4.63. The summed E-state index contributed by atoms with van der Waals surface area (Å²) in [6.07, 6.45) is 7.50. The van der Waals surface area contributed by atoms with Crippen molar-refractivity contribution in [3.8, 4) is 0 Å². The third-order valence-electron chi connectivity index (χ3n) is 5.94. The van der Waals surface area contributed by atoms with Gasteiger partial charge in [0, 0.05) is 50.1 Å². The molecule has 1 fully saturated rings. The maximum absolute atomic E-state index is 13.4. The summed E-state index contributed by atoms with van der Waals surface area (Å²) in [5.41, 5.74) is 1.71. The minimum atomic E-state index is -0.211. The lowest BCUT2D eigenvalue weighted by Crippen LogP contribution is -2.48. The van der Waals surface area contributed by atoms with Crippen LogP contribution >= 0.6 is 11.6 Å². The highest BCUT2D eigenvalue weighted by atomic mass is 35.5. The number of rotatable bonds is 8. The summed E-state index contributed by atoms with van der Waals surface area (Å²) in [5.74, 6) is 0.281. The lowest BCUT2D eigenvalue weighted by molar-refractivity contribution is -0.137. The number of aromatic nitrogens is 2. The average Bonchev–Trinajstić information content (AvgIpc) is 3.07. The van der Waals surface area contributed by atoms with Crippen LogP contribution in [0.4, 0.5) is 5.95 Å². The topological polar surface area (TPSA) is 69.6 Å². The number of anilines is 1. The Kier molecular flexibility index (Phi) is 7.05. The first-order chi connectivity index (χ1) is 15.6. The first-order valence-electron chi connectivity index (χ1n) is 11.2. The normalized spacial score (nSPS) is 17.0. The van der Waals surface area contributed by atoms with Gasteiger partial charge in [-0.05, 0) is 30.2 Å². The van der Waals surface area contributed by atoms with Gasteiger partial charge in [0.2, 0.25) is 5.95 Å². The molecule has 0 unspecified atom stereocenters. The molecule has 2 amide bonds. The van der Waals surface area contributed by atoms with Crippen LogP contribution in [0, 0.1) is 0 Å². The van der Waals surface area contributed by atoms with Crippen molar-refractivity contribution in [2.75, 3.05) is 37.6 Å². The molecule has 8 heteroatoms. The second kappa shape index (κ2) is 10.1. The number of piperazine rings is 1. The molecule has 0 atom stereocenters. The van der Waals surface area contributed by atoms with Crippen molar-refractivity contribution in [2.45, 2.75) is 32.6 Å². The minimum absolute atomic E-state index is 0.194. The fourth-order valence-corrected chi connectivity index (χ4v) is 4.34. The highest BCUT2D eigenvalue weighted by Gasteiger charge is 2.41. The number of hydrogen-bond acceptors (Lipinski definition) is 6. The standard InChI is InChI=1S/C24H28ClN5O2/c1-2-3-4-5-13-30-22(31)20(18-7-9-19(25)10-8-18)21(23(30)32)28-14-16-29(17-15-28)24-26-11-6-12-27-24/h6-12H,2-5,13-17H2,1H3. The van der Waals surface area contributed by atoms with E-state index >= 15 is 0 Å². The van der Waals surface area contributed by atoms with E-state index in [4.69, 9.17) is 11.6 Å². The second-order valence-electron chi connectivity index (χ2n) is 8.08. The molecular formula is C24H28ClN5O2. The highest BCUT2D eigenvalue weighted by molar-refractivity contribution is 6.36. The molecule has 0 N–H and O–H groups in total. The van der Waals surface area contributed by atoms with Gasteiger partial charge in [-0.1, -0.05) is 49.9 Å². The SMILES string of the molecule is CCCCCCN1C(=O)C(c2ccc(Cl)cc2)=C(N2CCN(c3ncccn3)CC2)C1=O. The van der Waals surface area contributed by atoms with Crippen molar-refractivity contribution in [1.29, 1.82) is 0 Å². The van der Waals surface area contributed by atoms with Crippen LogP contribution in [-0.4, -0.2) is 64.3 Å². The van der Waals surface area contributed by atoms with E-state index < -0.39 is 0 Å². The third-order valence-corrected chi connectivity index (χ3v) is 6.19. The lowest BCUT2D eigenvalue weighted by Gasteiger charge is -2.36. The van der Waals surface area contributed by atoms with Crippen LogP contribution < -0.4 is 4.90 Å². The maximum Gasteiger partial charge on any atom is 0.277 e. The Morgan fingerprint density at radius 3 is 2.19 bits per heavy atom. The summed E-state index contributed by atoms with van der Waals surface area (Å²) in [7, 11) is 0. The lowest BCUT2D eigenvalue weighted by atomic mass is 10.0. The predicted octanol–water partition coefficient (Wildman–Crippen LogP) is 3.61. The van der Waals surface area contributed by atoms with E-state index in [-0.39, 0.29) is 11.8 Å². The van der Waals surface area contributed by atoms with E-state index in [2.05, 4.69) is 21.8 Å². The van der Waals surface area contributed by atoms with E-state index in [1.165, 1.54) is 4.90 Å². The summed E-state index contributed by atoms with van der Waals surface area (Å²) in [6, 6.07) is 8.94. The highest BCUT2D eigenvalue weighted by Crippen LogP contribution is 2.33. The quantitative estimate of drug-likeness (QED) is 0.449. The monoisotopic (exact) mass is 453 g/mol. The molecule has 2 aliphatic rings. The molecule has 1 saturated heterocycles. The van der Waals surface area contributed by atoms with Gasteiger partial charge in [-0.25, -0.2) is 9.97 Å². The summed E-state index contributed by atoms with van der Waals surface area (Å²) in [5, 5.41) is 0.598. The van der Waals surface area contributed by atoms with Gasteiger partial charge in [0.05, 0.1) is 5.57 Å². The number of amides is 2. The van der Waals surface area contributed by atoms with E-state index in [0.29, 0.717) is 55.0 Å². The van der Waals surface area contributed by atoms with Gasteiger partial charge in [-0.2, -0.15) is 0 Å². The summed E-state index contributed by atoms with van der Waals surface area (Å²) in [4.78, 5) is 41.0. The predicted molar refractivity (Wildman–Crippen MR) is 125 cm³/mol. The summed E-state index contributed by atoms with van der Waals surface area (Å²) >= 11 is 6.06. The largest absolute Gasteiger partial charge is 0.363 e. The first-order valence-corrected chi connectivity index (χ1v) is 11.6. The molecule has 7 nitrogen and oxygen atoms in total. The van der Waals surface area contributed by atoms with Gasteiger partial charge in [-0.15, -0.1) is 0 Å². The van der Waals surface area contributed by atoms with Gasteiger partial charge < -0.3 is 9.80 Å². The van der Waals surface area contributed by atoms with Crippen molar-refractivity contribution in [3.63, 3.8) is 0 Å². The summed E-state index contributed by atoms with van der Waals surface area (Å²) in [6.45, 7) is 5.19. The molecule has 2 aliphatic heterocycles. The van der Waals surface area contributed by atoms with Crippen LogP contribution in [0.1, 0.15) is 38.2 Å². The Bertz CT molecular complexity index is 985. The van der Waals surface area contributed by atoms with Crippen molar-refractivity contribution in [3.05, 3.63) is 59.0 Å². The number of imide groups is 1. The van der Waals surface area contributed by atoms with Crippen LogP contribution in [0.25, 0.3) is 5.57 Å². The fraction of sp³-hybridized carbons (Fsp3) is 0.417. The molecule has 0 bridgehead atoms. The fourth-order valence-electron chi connectivity index (χ4n) is 4.22. The molecule has 0 spiro atoms. The molecule has 0 saturated carbocycles. The Balaban J connectivity index is 1.57. The van der Waals surface area contributed by atoms with Crippen molar-refractivity contribution in [2.24, 2.45) is 0 Å². The molecule has 32 heavy (non-hydrogen) atoms. The van der Waals surface area contributed by atoms with Crippen LogP contribution in [0.2, 0.25) is 5.02 Å². The second-order valence-corrected chi connectivity index (χ2v) is 8.51. The number of hydrogen-bond donors (Lipinski definition) is 0. The molecule has 1 aromatic carbocycles. The molecule has 3 heterocycles. The van der Waals surface area contributed by atoms with Crippen LogP contribution in [-0.2, 0) is 9.59 Å². The van der Waals surface area contributed by atoms with E-state index in [9.17, 15) is 9.59 Å². The molecule has 1 aromatic heterocycles. The number of carbonyl (C=O) groups is 2. The zero-order chi connectivity index (χ0) is 22.5. The van der Waals surface area contributed by atoms with Crippen molar-refractivity contribution in [1.82, 2.24) is 19.8 Å². The number of nitrogens with zero attached hydrogens (tertiary/aromatic N) is 5. The van der Waals surface area contributed by atoms with Gasteiger partial charge in [-0.3, -0.25) is 14.5 Å². The van der Waals surface area contributed by atoms with Crippen molar-refractivity contribution < 1.29 is 9.59 Å². The molecule has 4 rings (SSSR count). The minimum Gasteiger partial charge on any atom is -0.363 e. The van der Waals surface area contributed by atoms with E-state index in [0.717, 1.165) is 31.2 Å². The number of carbonyl (C=O) groups excluding carboxylic acids is 2. The van der Waals surface area contributed by atoms with Crippen molar-refractivity contribution >= 4 is 34.9 Å². The molecule has 168 valence electrons. The Labute approximate surface area is 193 Å². The zero-order valence-electron chi connectivity index (χ0n) is 18.3. The summed E-state index contributed by atoms with van der Waals surface area (Å²) < 4.78 is 0. The Morgan fingerprint density at radius 1 is 0.875 bits per heavy atom. The van der Waals surface area contributed by atoms with Gasteiger partial charge in [0.25, 0.3) is 11.8 Å². The Morgan fingerprint density at radius 2 is 1.53 bits per heavy atom. The average molecular weight is 454 g/mol. The smallest absolute Gasteiger partial charge is 0.277 e. The molecular weight excluding hydrogens is 426 g/mol. The first kappa shape index (κ1) is 22.3. The van der Waals surface area contributed by atoms with Crippen LogP contribution in [0.3, 0.4) is 0 Å². The Hall–Kier alpha value is -2.93. The van der Waals surface area contributed by atoms with E-state index in [1.807, 2.05) is 17.0 Å². The zero-order valence-corrected chi connectivity index (χ0v) is 19.1. The van der Waals surface area contributed by atoms with Crippen LogP contribution in [0.15, 0.2) is 48.4 Å². The molecule has 2 aromatic rings. The molecule has 0 aliphatic carbocycles. The number of benzene rings is 1. The maximum atomic E-state index is 13.4. The van der Waals surface area contributed by atoms with Crippen LogP contribution in [0.5, 0.6) is 0 Å².